The van der Waals surface area contributed by atoms with Gasteiger partial charge in [-0.05, 0) is 19.4 Å². The van der Waals surface area contributed by atoms with Gasteiger partial charge in [0.2, 0.25) is 5.91 Å². The molecule has 9 nitrogen and oxygen atoms in total. The van der Waals surface area contributed by atoms with Crippen molar-refractivity contribution in [2.75, 3.05) is 39.8 Å². The van der Waals surface area contributed by atoms with E-state index in [2.05, 4.69) is 33.4 Å². The minimum absolute atomic E-state index is 0.0706. The van der Waals surface area contributed by atoms with Crippen LogP contribution in [0.25, 0.3) is 0 Å². The lowest BCUT2D eigenvalue weighted by Crippen LogP contribution is -2.63. The minimum atomic E-state index is -1.05. The molecule has 5 rings (SSSR count). The molecular formula is C21H31N5O4S. The van der Waals surface area contributed by atoms with Gasteiger partial charge in [0.15, 0.2) is 0 Å². The molecule has 0 aromatic heterocycles. The maximum absolute atomic E-state index is 12.5. The zero-order chi connectivity index (χ0) is 22.0. The monoisotopic (exact) mass is 449 g/mol. The van der Waals surface area contributed by atoms with E-state index < -0.39 is 18.0 Å². The minimum Gasteiger partial charge on any atom is -0.477 e. The summed E-state index contributed by atoms with van der Waals surface area (Å²) >= 11 is 1.61. The number of aliphatic hydroxyl groups excluding tert-OH is 1. The number of likely N-dealkylation sites (N-methyl/N-ethyl adjacent to an activating group) is 1. The Bertz CT molecular complexity index is 861. The molecule has 31 heavy (non-hydrogen) atoms. The summed E-state index contributed by atoms with van der Waals surface area (Å²) in [5, 5.41) is 28.3. The van der Waals surface area contributed by atoms with Crippen LogP contribution >= 0.6 is 11.8 Å². The van der Waals surface area contributed by atoms with E-state index in [1.807, 2.05) is 6.92 Å². The van der Waals surface area contributed by atoms with Crippen molar-refractivity contribution in [1.29, 1.82) is 0 Å². The number of aliphatic hydroxyl groups is 1. The van der Waals surface area contributed by atoms with Crippen molar-refractivity contribution < 1.29 is 19.8 Å². The highest BCUT2D eigenvalue weighted by atomic mass is 32.2. The van der Waals surface area contributed by atoms with E-state index >= 15 is 0 Å². The number of rotatable bonds is 6. The predicted octanol–water partition coefficient (Wildman–Crippen LogP) is -0.0768. The molecule has 0 aromatic rings. The molecule has 3 fully saturated rings. The number of nitrogens with one attached hydrogen (secondary N) is 1. The van der Waals surface area contributed by atoms with E-state index in [1.165, 1.54) is 10.7 Å². The van der Waals surface area contributed by atoms with Crippen molar-refractivity contribution in [3.63, 3.8) is 0 Å². The van der Waals surface area contributed by atoms with Crippen molar-refractivity contribution in [2.45, 2.75) is 43.7 Å². The topological polar surface area (TPSA) is 99.6 Å². The second kappa shape index (κ2) is 7.68. The largest absolute Gasteiger partial charge is 0.477 e. The van der Waals surface area contributed by atoms with Crippen LogP contribution in [0.4, 0.5) is 0 Å². The lowest BCUT2D eigenvalue weighted by atomic mass is 9.79. The predicted molar refractivity (Wildman–Crippen MR) is 116 cm³/mol. The summed E-state index contributed by atoms with van der Waals surface area (Å²) in [4.78, 5) is 29.2. The van der Waals surface area contributed by atoms with Crippen molar-refractivity contribution in [3.8, 4) is 0 Å². The number of carbonyl (C=O) groups excluding carboxylic acids is 1. The normalized spacial score (nSPS) is 36.1. The summed E-state index contributed by atoms with van der Waals surface area (Å²) < 4.78 is 0. The summed E-state index contributed by atoms with van der Waals surface area (Å²) in [6.07, 6.45) is 2.47. The number of carbonyl (C=O) groups is 2. The summed E-state index contributed by atoms with van der Waals surface area (Å²) in [7, 11) is 2.11. The zero-order valence-electron chi connectivity index (χ0n) is 18.2. The van der Waals surface area contributed by atoms with Crippen LogP contribution < -0.4 is 5.32 Å². The maximum atomic E-state index is 12.5. The number of aliphatic carboxylic acids is 1. The molecule has 170 valence electrons. The van der Waals surface area contributed by atoms with Crippen LogP contribution in [0.1, 0.15) is 20.3 Å². The number of amides is 1. The second-order valence-corrected chi connectivity index (χ2v) is 10.7. The molecular weight excluding hydrogens is 418 g/mol. The van der Waals surface area contributed by atoms with Gasteiger partial charge in [-0.15, -0.1) is 11.8 Å². The molecule has 5 aliphatic heterocycles. The van der Waals surface area contributed by atoms with Crippen LogP contribution in [0.15, 0.2) is 22.5 Å². The van der Waals surface area contributed by atoms with E-state index in [0.717, 1.165) is 44.0 Å². The highest BCUT2D eigenvalue weighted by Gasteiger charge is 2.60. The number of carboxylic acids is 1. The number of hydrogen-bond donors (Lipinski definition) is 3. The summed E-state index contributed by atoms with van der Waals surface area (Å²) in [5.74, 6) is -0.596. The number of hydrogen-bond acceptors (Lipinski definition) is 8. The van der Waals surface area contributed by atoms with Crippen LogP contribution in [-0.4, -0.2) is 105 Å². The average Bonchev–Trinajstić information content (AvgIpc) is 3.44. The Labute approximate surface area is 186 Å². The first-order valence-electron chi connectivity index (χ1n) is 11.1. The molecule has 3 N–H and O–H groups in total. The van der Waals surface area contributed by atoms with Gasteiger partial charge in [0.25, 0.3) is 0 Å². The fourth-order valence-corrected chi connectivity index (χ4v) is 7.34. The highest BCUT2D eigenvalue weighted by molar-refractivity contribution is 8.03. The van der Waals surface area contributed by atoms with E-state index in [4.69, 9.17) is 0 Å². The van der Waals surface area contributed by atoms with Crippen molar-refractivity contribution in [3.05, 3.63) is 22.5 Å². The summed E-state index contributed by atoms with van der Waals surface area (Å²) in [6, 6.07) is 0.117. The standard InChI is InChI=1S/C21H31N5O4S/c1-11-17-16(12(2)27)20(28)26(17)18(21(29)30)19(11)31-14-8-13(22-9-14)10-24-6-7-25-15(24)4-5-23(25)3/h4,11-14,16-17,22,27H,5-10H2,1-3H3,(H,29,30)/t11-,12-,13+,14+,16-,17-/m1/s1. The lowest BCUT2D eigenvalue weighted by Gasteiger charge is -2.46. The molecule has 0 radical (unpaired) electrons. The van der Waals surface area contributed by atoms with Crippen LogP contribution in [0.5, 0.6) is 0 Å². The Hall–Kier alpha value is -1.75. The quantitative estimate of drug-likeness (QED) is 0.481. The Balaban J connectivity index is 1.24. The molecule has 10 heteroatoms. The lowest BCUT2D eigenvalue weighted by molar-refractivity contribution is -0.163. The van der Waals surface area contributed by atoms with Gasteiger partial charge in [-0.1, -0.05) is 6.92 Å². The number of nitrogens with zero attached hydrogens (tertiary/aromatic N) is 4. The van der Waals surface area contributed by atoms with Gasteiger partial charge in [0.05, 0.1) is 24.6 Å². The number of β-lactam (4-membered cyclic amide) rings is 1. The van der Waals surface area contributed by atoms with E-state index in [1.54, 1.807) is 18.7 Å². The van der Waals surface area contributed by atoms with Crippen molar-refractivity contribution in [2.24, 2.45) is 11.8 Å². The molecule has 0 unspecified atom stereocenters. The van der Waals surface area contributed by atoms with Crippen LogP contribution in [-0.2, 0) is 9.59 Å². The molecule has 1 amide bonds. The van der Waals surface area contributed by atoms with Gasteiger partial charge in [-0.3, -0.25) is 9.80 Å². The first-order valence-corrected chi connectivity index (χ1v) is 12.0. The third kappa shape index (κ3) is 3.26. The molecule has 0 spiro atoms. The van der Waals surface area contributed by atoms with Gasteiger partial charge >= 0.3 is 5.97 Å². The van der Waals surface area contributed by atoms with Gasteiger partial charge < -0.3 is 25.3 Å². The van der Waals surface area contributed by atoms with Crippen molar-refractivity contribution >= 4 is 23.6 Å². The number of hydrazine groups is 1. The third-order valence-electron chi connectivity index (χ3n) is 7.35. The number of carboxylic acid groups (broad SMARTS) is 1. The zero-order valence-corrected chi connectivity index (χ0v) is 19.0. The van der Waals surface area contributed by atoms with E-state index in [-0.39, 0.29) is 28.8 Å². The SMILES string of the molecule is C[C@@H](O)[C@H]1C(=O)N2C(C(=O)O)=C(S[C@@H]3CN[C@H](CN4CCN5C4=CCN5C)C3)[C@H](C)[C@H]12. The van der Waals surface area contributed by atoms with Crippen LogP contribution in [0.2, 0.25) is 0 Å². The van der Waals surface area contributed by atoms with E-state index in [9.17, 15) is 19.8 Å². The van der Waals surface area contributed by atoms with Gasteiger partial charge in [0, 0.05) is 55.3 Å². The smallest absolute Gasteiger partial charge is 0.353 e. The highest BCUT2D eigenvalue weighted by Crippen LogP contribution is 2.51. The number of thioether (sulfide) groups is 1. The van der Waals surface area contributed by atoms with Crippen molar-refractivity contribution in [1.82, 2.24) is 25.1 Å². The molecule has 5 heterocycles. The Morgan fingerprint density at radius 2 is 2.16 bits per heavy atom. The molecule has 6 atom stereocenters. The summed E-state index contributed by atoms with van der Waals surface area (Å²) in [5.41, 5.74) is 0.127. The average molecular weight is 450 g/mol. The molecule has 0 saturated carbocycles. The molecule has 3 saturated heterocycles. The second-order valence-electron chi connectivity index (χ2n) is 9.32. The fraction of sp³-hybridized carbons (Fsp3) is 0.714. The van der Waals surface area contributed by atoms with Crippen LogP contribution in [0, 0.1) is 11.8 Å². The van der Waals surface area contributed by atoms with E-state index in [0.29, 0.717) is 6.04 Å². The third-order valence-corrected chi connectivity index (χ3v) is 8.86. The summed E-state index contributed by atoms with van der Waals surface area (Å²) in [6.45, 7) is 8.38. The molecule has 5 aliphatic rings. The first kappa shape index (κ1) is 21.1. The molecule has 0 aromatic carbocycles. The number of fused-ring (bicyclic) bond motifs is 2. The van der Waals surface area contributed by atoms with Gasteiger partial charge in [-0.2, -0.15) is 0 Å². The Morgan fingerprint density at radius 3 is 2.87 bits per heavy atom. The Kier molecular flexibility index (Phi) is 5.23. The fourth-order valence-electron chi connectivity index (χ4n) is 5.82. The van der Waals surface area contributed by atoms with Gasteiger partial charge in [-0.25, -0.2) is 9.80 Å². The van der Waals surface area contributed by atoms with Crippen LogP contribution in [0.3, 0.4) is 0 Å². The Morgan fingerprint density at radius 1 is 1.39 bits per heavy atom. The molecule has 0 bridgehead atoms. The maximum Gasteiger partial charge on any atom is 0.353 e. The van der Waals surface area contributed by atoms with Gasteiger partial charge in [0.1, 0.15) is 11.5 Å². The molecule has 0 aliphatic carbocycles. The first-order chi connectivity index (χ1) is 14.8.